The number of rotatable bonds is 7. The smallest absolute Gasteiger partial charge is 0.224 e. The van der Waals surface area contributed by atoms with E-state index in [1.165, 1.54) is 11.9 Å². The van der Waals surface area contributed by atoms with Gasteiger partial charge in [-0.25, -0.2) is 4.98 Å². The topological polar surface area (TPSA) is 88.5 Å². The zero-order valence-electron chi connectivity index (χ0n) is 12.8. The van der Waals surface area contributed by atoms with Gasteiger partial charge in [0.15, 0.2) is 0 Å². The second kappa shape index (κ2) is 7.01. The van der Waals surface area contributed by atoms with E-state index < -0.39 is 0 Å². The Labute approximate surface area is 124 Å². The number of carbonyl (C=O) groups is 1. The van der Waals surface area contributed by atoms with Crippen molar-refractivity contribution in [3.63, 3.8) is 0 Å². The minimum absolute atomic E-state index is 0.0473. The fourth-order valence-electron chi connectivity index (χ4n) is 2.28. The lowest BCUT2D eigenvalue weighted by Crippen LogP contribution is -2.32. The molecule has 0 fully saturated rings. The summed E-state index contributed by atoms with van der Waals surface area (Å²) >= 11 is 0. The largest absolute Gasteiger partial charge is 0.356 e. The number of nitrogens with zero attached hydrogens (tertiary/aromatic N) is 4. The number of hydrogen-bond donors (Lipinski definition) is 2. The van der Waals surface area contributed by atoms with Gasteiger partial charge in [0, 0.05) is 12.2 Å². The molecular weight excluding hydrogens is 268 g/mol. The highest BCUT2D eigenvalue weighted by Gasteiger charge is 2.13. The molecule has 7 nitrogen and oxygen atoms in total. The molecule has 2 rings (SSSR count). The summed E-state index contributed by atoms with van der Waals surface area (Å²) in [5, 5.41) is 14.1. The van der Waals surface area contributed by atoms with E-state index in [0.29, 0.717) is 13.1 Å². The zero-order chi connectivity index (χ0) is 15.2. The molecule has 1 unspecified atom stereocenters. The third-order valence-corrected chi connectivity index (χ3v) is 3.56. The highest BCUT2D eigenvalue weighted by molar-refractivity contribution is 5.78. The highest BCUT2D eigenvalue weighted by Crippen LogP contribution is 2.11. The summed E-state index contributed by atoms with van der Waals surface area (Å²) < 4.78 is 1.67. The van der Waals surface area contributed by atoms with Gasteiger partial charge < -0.3 is 5.32 Å². The SMILES string of the molecule is Cc1n[nH]c(C)c1CCCNC(=O)C(C)Cn1cncn1. The summed E-state index contributed by atoms with van der Waals surface area (Å²) in [6.07, 6.45) is 4.92. The maximum absolute atomic E-state index is 12.0. The molecule has 7 heteroatoms. The van der Waals surface area contributed by atoms with E-state index in [9.17, 15) is 4.79 Å². The quantitative estimate of drug-likeness (QED) is 0.745. The predicted molar refractivity (Wildman–Crippen MR) is 78.6 cm³/mol. The molecule has 0 aliphatic heterocycles. The van der Waals surface area contributed by atoms with Crippen molar-refractivity contribution < 1.29 is 4.79 Å². The van der Waals surface area contributed by atoms with E-state index in [0.717, 1.165) is 24.2 Å². The summed E-state index contributed by atoms with van der Waals surface area (Å²) in [5.74, 6) is -0.0739. The summed E-state index contributed by atoms with van der Waals surface area (Å²) in [5.41, 5.74) is 3.40. The Hall–Kier alpha value is -2.18. The third-order valence-electron chi connectivity index (χ3n) is 3.56. The minimum Gasteiger partial charge on any atom is -0.356 e. The number of amides is 1. The normalized spacial score (nSPS) is 12.3. The van der Waals surface area contributed by atoms with Gasteiger partial charge in [-0.2, -0.15) is 10.2 Å². The van der Waals surface area contributed by atoms with Gasteiger partial charge >= 0.3 is 0 Å². The number of carbonyl (C=O) groups excluding carboxylic acids is 1. The molecule has 1 atom stereocenters. The van der Waals surface area contributed by atoms with Gasteiger partial charge in [0.2, 0.25) is 5.91 Å². The van der Waals surface area contributed by atoms with Crippen LogP contribution in [0.4, 0.5) is 0 Å². The fraction of sp³-hybridized carbons (Fsp3) is 0.571. The Morgan fingerprint density at radius 3 is 2.90 bits per heavy atom. The molecule has 0 spiro atoms. The molecule has 0 aromatic carbocycles. The van der Waals surface area contributed by atoms with Crippen molar-refractivity contribution in [3.05, 3.63) is 29.6 Å². The fourth-order valence-corrected chi connectivity index (χ4v) is 2.28. The first kappa shape index (κ1) is 15.2. The van der Waals surface area contributed by atoms with Crippen LogP contribution in [0.2, 0.25) is 0 Å². The molecule has 0 bridgehead atoms. The molecule has 2 N–H and O–H groups in total. The van der Waals surface area contributed by atoms with Crippen molar-refractivity contribution in [2.45, 2.75) is 40.2 Å². The van der Waals surface area contributed by atoms with E-state index >= 15 is 0 Å². The van der Waals surface area contributed by atoms with Crippen molar-refractivity contribution in [3.8, 4) is 0 Å². The van der Waals surface area contributed by atoms with Gasteiger partial charge in [-0.3, -0.25) is 14.6 Å². The standard InChI is InChI=1S/C14H22N6O/c1-10(7-20-9-15-8-17-20)14(21)16-6-4-5-13-11(2)18-19-12(13)3/h8-10H,4-7H2,1-3H3,(H,16,21)(H,18,19). The molecule has 1 amide bonds. The summed E-state index contributed by atoms with van der Waals surface area (Å²) in [6.45, 7) is 7.13. The van der Waals surface area contributed by atoms with E-state index in [1.807, 2.05) is 20.8 Å². The van der Waals surface area contributed by atoms with Crippen LogP contribution in [0.1, 0.15) is 30.3 Å². The summed E-state index contributed by atoms with van der Waals surface area (Å²) in [6, 6.07) is 0. The molecule has 0 saturated heterocycles. The molecule has 21 heavy (non-hydrogen) atoms. The monoisotopic (exact) mass is 290 g/mol. The van der Waals surface area contributed by atoms with Gasteiger partial charge in [-0.1, -0.05) is 6.92 Å². The Morgan fingerprint density at radius 2 is 2.29 bits per heavy atom. The number of aromatic nitrogens is 5. The minimum atomic E-state index is -0.121. The molecule has 0 saturated carbocycles. The van der Waals surface area contributed by atoms with Crippen molar-refractivity contribution in [1.82, 2.24) is 30.3 Å². The molecular formula is C14H22N6O. The van der Waals surface area contributed by atoms with Crippen LogP contribution in [0.15, 0.2) is 12.7 Å². The second-order valence-corrected chi connectivity index (χ2v) is 5.33. The Morgan fingerprint density at radius 1 is 1.48 bits per heavy atom. The maximum atomic E-state index is 12.0. The average Bonchev–Trinajstić information content (AvgIpc) is 3.07. The van der Waals surface area contributed by atoms with Crippen LogP contribution < -0.4 is 5.32 Å². The van der Waals surface area contributed by atoms with Crippen LogP contribution in [-0.4, -0.2) is 37.4 Å². The lowest BCUT2D eigenvalue weighted by atomic mass is 10.1. The summed E-state index contributed by atoms with van der Waals surface area (Å²) in [7, 11) is 0. The number of aryl methyl sites for hydroxylation is 2. The molecule has 0 radical (unpaired) electrons. The average molecular weight is 290 g/mol. The number of hydrogen-bond acceptors (Lipinski definition) is 4. The van der Waals surface area contributed by atoms with E-state index in [4.69, 9.17) is 0 Å². The molecule has 2 aromatic heterocycles. The van der Waals surface area contributed by atoms with Gasteiger partial charge in [-0.05, 0) is 32.3 Å². The van der Waals surface area contributed by atoms with E-state index in [2.05, 4.69) is 25.6 Å². The van der Waals surface area contributed by atoms with Gasteiger partial charge in [0.05, 0.1) is 18.2 Å². The van der Waals surface area contributed by atoms with E-state index in [1.54, 1.807) is 11.0 Å². The molecule has 0 aliphatic carbocycles. The molecule has 0 aliphatic rings. The first-order chi connectivity index (χ1) is 10.1. The van der Waals surface area contributed by atoms with Crippen LogP contribution >= 0.6 is 0 Å². The van der Waals surface area contributed by atoms with Gasteiger partial charge in [0.25, 0.3) is 0 Å². The second-order valence-electron chi connectivity index (χ2n) is 5.33. The molecule has 2 aromatic rings. The third kappa shape index (κ3) is 4.14. The van der Waals surface area contributed by atoms with Gasteiger partial charge in [0.1, 0.15) is 12.7 Å². The van der Waals surface area contributed by atoms with Crippen molar-refractivity contribution in [1.29, 1.82) is 0 Å². The lowest BCUT2D eigenvalue weighted by Gasteiger charge is -2.12. The van der Waals surface area contributed by atoms with Crippen molar-refractivity contribution in [2.75, 3.05) is 6.54 Å². The Balaban J connectivity index is 1.69. The first-order valence-electron chi connectivity index (χ1n) is 7.18. The van der Waals surface area contributed by atoms with Crippen LogP contribution in [0.5, 0.6) is 0 Å². The summed E-state index contributed by atoms with van der Waals surface area (Å²) in [4.78, 5) is 15.8. The highest BCUT2D eigenvalue weighted by atomic mass is 16.1. The molecule has 2 heterocycles. The van der Waals surface area contributed by atoms with Crippen LogP contribution in [0.3, 0.4) is 0 Å². The van der Waals surface area contributed by atoms with Crippen LogP contribution in [0.25, 0.3) is 0 Å². The van der Waals surface area contributed by atoms with Crippen LogP contribution in [0, 0.1) is 19.8 Å². The van der Waals surface area contributed by atoms with Crippen LogP contribution in [-0.2, 0) is 17.8 Å². The zero-order valence-corrected chi connectivity index (χ0v) is 12.8. The van der Waals surface area contributed by atoms with Gasteiger partial charge in [-0.15, -0.1) is 0 Å². The Kier molecular flexibility index (Phi) is 5.08. The maximum Gasteiger partial charge on any atom is 0.224 e. The number of H-pyrrole nitrogens is 1. The lowest BCUT2D eigenvalue weighted by molar-refractivity contribution is -0.124. The number of nitrogens with one attached hydrogen (secondary N) is 2. The first-order valence-corrected chi connectivity index (χ1v) is 7.18. The molecule has 114 valence electrons. The number of aromatic amines is 1. The Bertz CT molecular complexity index is 555. The van der Waals surface area contributed by atoms with Crippen molar-refractivity contribution in [2.24, 2.45) is 5.92 Å². The van der Waals surface area contributed by atoms with Crippen molar-refractivity contribution >= 4 is 5.91 Å². The predicted octanol–water partition coefficient (Wildman–Crippen LogP) is 1.00. The van der Waals surface area contributed by atoms with E-state index in [-0.39, 0.29) is 11.8 Å².